The highest BCUT2D eigenvalue weighted by Crippen LogP contribution is 2.30. The normalized spacial score (nSPS) is 16.5. The second-order valence-corrected chi connectivity index (χ2v) is 7.80. The van der Waals surface area contributed by atoms with Gasteiger partial charge in [0.2, 0.25) is 0 Å². The molecule has 1 aliphatic rings. The maximum absolute atomic E-state index is 12.0. The molecule has 1 unspecified atom stereocenters. The third kappa shape index (κ3) is 4.35. The topological polar surface area (TPSA) is 63.9 Å². The number of ether oxygens (including phenoxy) is 2. The first-order chi connectivity index (χ1) is 14.6. The van der Waals surface area contributed by atoms with Crippen molar-refractivity contribution in [3.05, 3.63) is 70.1 Å². The fraction of sp³-hybridized carbons (Fsp3) is 0.375. The Morgan fingerprint density at radius 2 is 1.90 bits per heavy atom. The van der Waals surface area contributed by atoms with E-state index < -0.39 is 0 Å². The molecule has 30 heavy (non-hydrogen) atoms. The van der Waals surface area contributed by atoms with Gasteiger partial charge in [0.1, 0.15) is 17.6 Å². The molecule has 1 aromatic heterocycles. The summed E-state index contributed by atoms with van der Waals surface area (Å²) in [4.78, 5) is 14.4. The van der Waals surface area contributed by atoms with Crippen LogP contribution in [0.3, 0.4) is 0 Å². The lowest BCUT2D eigenvalue weighted by atomic mass is 10.0. The van der Waals surface area contributed by atoms with E-state index in [1.165, 1.54) is 17.2 Å². The zero-order chi connectivity index (χ0) is 21.1. The van der Waals surface area contributed by atoms with Gasteiger partial charge >= 0.3 is 5.63 Å². The highest BCUT2D eigenvalue weighted by molar-refractivity contribution is 5.90. The van der Waals surface area contributed by atoms with Gasteiger partial charge < -0.3 is 19.2 Å². The Morgan fingerprint density at radius 3 is 2.60 bits per heavy atom. The summed E-state index contributed by atoms with van der Waals surface area (Å²) in [5.41, 5.74) is 3.41. The molecule has 158 valence electrons. The van der Waals surface area contributed by atoms with Crippen LogP contribution in [0.1, 0.15) is 30.2 Å². The Balaban J connectivity index is 1.48. The minimum absolute atomic E-state index is 0.0419. The van der Waals surface area contributed by atoms with Crippen LogP contribution in [0.5, 0.6) is 5.75 Å². The van der Waals surface area contributed by atoms with Crippen molar-refractivity contribution in [2.45, 2.75) is 32.0 Å². The number of methoxy groups -OCH3 is 2. The number of anilines is 1. The van der Waals surface area contributed by atoms with E-state index in [1.54, 1.807) is 26.4 Å². The summed E-state index contributed by atoms with van der Waals surface area (Å²) in [5.74, 6) is 0.732. The smallest absolute Gasteiger partial charge is 0.338 e. The quantitative estimate of drug-likeness (QED) is 0.613. The first-order valence-corrected chi connectivity index (χ1v) is 10.3. The fourth-order valence-electron chi connectivity index (χ4n) is 4.21. The molecule has 0 radical (unpaired) electrons. The van der Waals surface area contributed by atoms with Crippen molar-refractivity contribution in [3.8, 4) is 5.75 Å². The van der Waals surface area contributed by atoms with Gasteiger partial charge in [0.05, 0.1) is 12.8 Å². The van der Waals surface area contributed by atoms with Gasteiger partial charge in [-0.3, -0.25) is 4.90 Å². The second kappa shape index (κ2) is 8.90. The summed E-state index contributed by atoms with van der Waals surface area (Å²) in [6, 6.07) is 15.7. The molecule has 0 aliphatic carbocycles. The van der Waals surface area contributed by atoms with E-state index in [2.05, 4.69) is 41.4 Å². The average molecular weight is 408 g/mol. The number of hydrogen-bond acceptors (Lipinski definition) is 6. The summed E-state index contributed by atoms with van der Waals surface area (Å²) >= 11 is 0. The monoisotopic (exact) mass is 408 g/mol. The van der Waals surface area contributed by atoms with Gasteiger partial charge in [-0.25, -0.2) is 4.79 Å². The van der Waals surface area contributed by atoms with E-state index >= 15 is 0 Å². The molecule has 4 rings (SSSR count). The number of nitrogens with zero attached hydrogens (tertiary/aromatic N) is 1. The van der Waals surface area contributed by atoms with Crippen molar-refractivity contribution in [2.75, 3.05) is 32.6 Å². The standard InChI is InChI=1S/C24H28N2O4/c1-16-5-4-6-17(13-16)24(29-3)26-11-9-18(10-12-26)25-21-15-23(27)30-22-8-7-19(28-2)14-20(21)22/h4-8,13-15,18,24-25H,9-12H2,1-3H3. The average Bonchev–Trinajstić information content (AvgIpc) is 2.75. The molecule has 6 heteroatoms. The first-order valence-electron chi connectivity index (χ1n) is 10.3. The van der Waals surface area contributed by atoms with E-state index in [0.717, 1.165) is 42.8 Å². The number of piperidine rings is 1. The molecule has 0 saturated carbocycles. The van der Waals surface area contributed by atoms with Crippen LogP contribution >= 0.6 is 0 Å². The van der Waals surface area contributed by atoms with Gasteiger partial charge in [0.25, 0.3) is 0 Å². The van der Waals surface area contributed by atoms with Crippen molar-refractivity contribution < 1.29 is 13.9 Å². The van der Waals surface area contributed by atoms with Gasteiger partial charge in [-0.1, -0.05) is 29.8 Å². The Labute approximate surface area is 176 Å². The molecule has 1 aliphatic heterocycles. The number of benzene rings is 2. The predicted molar refractivity (Wildman–Crippen MR) is 118 cm³/mol. The summed E-state index contributed by atoms with van der Waals surface area (Å²) in [5, 5.41) is 4.41. The SMILES string of the molecule is COc1ccc2oc(=O)cc(NC3CCN(C(OC)c4cccc(C)c4)CC3)c2c1. The third-order valence-electron chi connectivity index (χ3n) is 5.72. The van der Waals surface area contributed by atoms with Crippen molar-refractivity contribution in [1.29, 1.82) is 0 Å². The van der Waals surface area contributed by atoms with Crippen LogP contribution in [-0.4, -0.2) is 38.3 Å². The zero-order valence-corrected chi connectivity index (χ0v) is 17.7. The minimum atomic E-state index is -0.355. The molecule has 0 amide bonds. The van der Waals surface area contributed by atoms with Crippen molar-refractivity contribution in [2.24, 2.45) is 0 Å². The molecule has 2 heterocycles. The Morgan fingerprint density at radius 1 is 1.10 bits per heavy atom. The Hall–Kier alpha value is -2.83. The maximum Gasteiger partial charge on any atom is 0.338 e. The molecule has 1 N–H and O–H groups in total. The molecule has 1 saturated heterocycles. The molecule has 3 aromatic rings. The van der Waals surface area contributed by atoms with Crippen LogP contribution in [0.25, 0.3) is 11.0 Å². The van der Waals surface area contributed by atoms with Crippen LogP contribution < -0.4 is 15.7 Å². The van der Waals surface area contributed by atoms with Crippen molar-refractivity contribution in [3.63, 3.8) is 0 Å². The summed E-state index contributed by atoms with van der Waals surface area (Å²) in [6.45, 7) is 3.92. The van der Waals surface area contributed by atoms with E-state index in [-0.39, 0.29) is 17.9 Å². The molecule has 1 fully saturated rings. The molecule has 0 spiro atoms. The summed E-state index contributed by atoms with van der Waals surface area (Å²) in [6.07, 6.45) is 1.87. The number of rotatable bonds is 6. The molecular weight excluding hydrogens is 380 g/mol. The number of aryl methyl sites for hydroxylation is 1. The van der Waals surface area contributed by atoms with Gasteiger partial charge in [-0.05, 0) is 43.5 Å². The van der Waals surface area contributed by atoms with E-state index in [0.29, 0.717) is 5.58 Å². The van der Waals surface area contributed by atoms with E-state index in [4.69, 9.17) is 13.9 Å². The number of likely N-dealkylation sites (tertiary alicyclic amines) is 1. The molecular formula is C24H28N2O4. The van der Waals surface area contributed by atoms with Crippen molar-refractivity contribution >= 4 is 16.7 Å². The number of fused-ring (bicyclic) bond motifs is 1. The third-order valence-corrected chi connectivity index (χ3v) is 5.72. The Kier molecular flexibility index (Phi) is 6.06. The second-order valence-electron chi connectivity index (χ2n) is 7.80. The Bertz CT molecular complexity index is 1070. The lowest BCUT2D eigenvalue weighted by Gasteiger charge is -2.37. The highest BCUT2D eigenvalue weighted by atomic mass is 16.5. The van der Waals surface area contributed by atoms with Crippen LogP contribution in [-0.2, 0) is 4.74 Å². The van der Waals surface area contributed by atoms with Crippen LogP contribution in [0.2, 0.25) is 0 Å². The van der Waals surface area contributed by atoms with Crippen LogP contribution in [0.4, 0.5) is 5.69 Å². The number of nitrogens with one attached hydrogen (secondary N) is 1. The highest BCUT2D eigenvalue weighted by Gasteiger charge is 2.26. The molecule has 1 atom stereocenters. The summed E-state index contributed by atoms with van der Waals surface area (Å²) < 4.78 is 16.5. The first kappa shape index (κ1) is 20.4. The molecule has 0 bridgehead atoms. The maximum atomic E-state index is 12.0. The van der Waals surface area contributed by atoms with Crippen molar-refractivity contribution in [1.82, 2.24) is 4.90 Å². The lowest BCUT2D eigenvalue weighted by molar-refractivity contribution is -0.0451. The fourth-order valence-corrected chi connectivity index (χ4v) is 4.21. The largest absolute Gasteiger partial charge is 0.497 e. The number of hydrogen-bond donors (Lipinski definition) is 1. The van der Waals surface area contributed by atoms with E-state index in [9.17, 15) is 4.79 Å². The van der Waals surface area contributed by atoms with Crippen LogP contribution in [0, 0.1) is 6.92 Å². The van der Waals surface area contributed by atoms with Gasteiger partial charge in [0, 0.05) is 37.7 Å². The van der Waals surface area contributed by atoms with Crippen LogP contribution in [0.15, 0.2) is 57.7 Å². The van der Waals surface area contributed by atoms with Gasteiger partial charge in [-0.15, -0.1) is 0 Å². The predicted octanol–water partition coefficient (Wildman–Crippen LogP) is 4.33. The molecule has 6 nitrogen and oxygen atoms in total. The summed E-state index contributed by atoms with van der Waals surface area (Å²) in [7, 11) is 3.39. The van der Waals surface area contributed by atoms with E-state index in [1.807, 2.05) is 6.07 Å². The van der Waals surface area contributed by atoms with Gasteiger partial charge in [0.15, 0.2) is 0 Å². The molecule has 2 aromatic carbocycles. The minimum Gasteiger partial charge on any atom is -0.497 e. The zero-order valence-electron chi connectivity index (χ0n) is 17.7. The van der Waals surface area contributed by atoms with Gasteiger partial charge in [-0.2, -0.15) is 0 Å². The lowest BCUT2D eigenvalue weighted by Crippen LogP contribution is -2.41.